The number of fused-ring (bicyclic) bond motifs is 1. The summed E-state index contributed by atoms with van der Waals surface area (Å²) < 4.78 is 10.7. The minimum Gasteiger partial charge on any atom is -0.480 e. The standard InChI is InChI=1S/C16H18N2O4S/c1-10(2)18(7-15(19)20)6-12-8-23-16(17-12)11-3-4-13-14(5-11)22-9-21-13/h3-5,8,10H,6-7,9H2,1-2H3,(H,19,20). The quantitative estimate of drug-likeness (QED) is 0.876. The Hall–Kier alpha value is -2.12. The monoisotopic (exact) mass is 334 g/mol. The molecule has 0 amide bonds. The first kappa shape index (κ1) is 15.8. The first-order chi connectivity index (χ1) is 11.0. The highest BCUT2D eigenvalue weighted by Gasteiger charge is 2.17. The number of carboxylic acids is 1. The molecule has 6 nitrogen and oxygen atoms in total. The van der Waals surface area contributed by atoms with Crippen LogP contribution in [-0.4, -0.2) is 40.3 Å². The van der Waals surface area contributed by atoms with Crippen molar-refractivity contribution < 1.29 is 19.4 Å². The lowest BCUT2D eigenvalue weighted by molar-refractivity contribution is -0.138. The van der Waals surface area contributed by atoms with Crippen molar-refractivity contribution in [3.05, 3.63) is 29.3 Å². The summed E-state index contributed by atoms with van der Waals surface area (Å²) in [6.45, 7) is 4.74. The van der Waals surface area contributed by atoms with Gasteiger partial charge in [-0.05, 0) is 32.0 Å². The maximum Gasteiger partial charge on any atom is 0.317 e. The second-order valence-corrected chi connectivity index (χ2v) is 6.46. The number of aliphatic carboxylic acids is 1. The molecule has 0 saturated carbocycles. The number of hydrogen-bond donors (Lipinski definition) is 1. The molecule has 1 aliphatic rings. The third kappa shape index (κ3) is 3.62. The largest absolute Gasteiger partial charge is 0.480 e. The van der Waals surface area contributed by atoms with Gasteiger partial charge in [0.05, 0.1) is 12.2 Å². The number of hydrogen-bond acceptors (Lipinski definition) is 6. The lowest BCUT2D eigenvalue weighted by Crippen LogP contribution is -2.35. The Bertz CT molecular complexity index is 714. The Labute approximate surface area is 138 Å². The molecule has 0 unspecified atom stereocenters. The molecule has 2 heterocycles. The van der Waals surface area contributed by atoms with E-state index >= 15 is 0 Å². The summed E-state index contributed by atoms with van der Waals surface area (Å²) in [4.78, 5) is 17.5. The van der Waals surface area contributed by atoms with Crippen LogP contribution in [0.3, 0.4) is 0 Å². The zero-order valence-electron chi connectivity index (χ0n) is 13.0. The van der Waals surface area contributed by atoms with Crippen molar-refractivity contribution in [2.45, 2.75) is 26.4 Å². The Morgan fingerprint density at radius 2 is 2.17 bits per heavy atom. The van der Waals surface area contributed by atoms with E-state index in [0.717, 1.165) is 27.8 Å². The number of nitrogens with zero attached hydrogens (tertiary/aromatic N) is 2. The SMILES string of the molecule is CC(C)N(CC(=O)O)Cc1csc(-c2ccc3c(c2)OCO3)n1. The fourth-order valence-electron chi connectivity index (χ4n) is 2.34. The molecule has 1 N–H and O–H groups in total. The first-order valence-electron chi connectivity index (χ1n) is 7.33. The average molecular weight is 334 g/mol. The van der Waals surface area contributed by atoms with Gasteiger partial charge in [-0.15, -0.1) is 11.3 Å². The summed E-state index contributed by atoms with van der Waals surface area (Å²) >= 11 is 1.54. The summed E-state index contributed by atoms with van der Waals surface area (Å²) in [7, 11) is 0. The van der Waals surface area contributed by atoms with Gasteiger partial charge in [0.2, 0.25) is 6.79 Å². The number of carboxylic acid groups (broad SMARTS) is 1. The van der Waals surface area contributed by atoms with Crippen molar-refractivity contribution in [1.82, 2.24) is 9.88 Å². The van der Waals surface area contributed by atoms with Gasteiger partial charge in [-0.3, -0.25) is 9.69 Å². The Balaban J connectivity index is 1.76. The molecule has 0 bridgehead atoms. The molecular formula is C16H18N2O4S. The van der Waals surface area contributed by atoms with E-state index in [1.54, 1.807) is 0 Å². The van der Waals surface area contributed by atoms with Crippen LogP contribution in [0, 0.1) is 0 Å². The van der Waals surface area contributed by atoms with Crippen LogP contribution < -0.4 is 9.47 Å². The number of aromatic nitrogens is 1. The van der Waals surface area contributed by atoms with Crippen LogP contribution in [0.1, 0.15) is 19.5 Å². The van der Waals surface area contributed by atoms with Crippen LogP contribution in [-0.2, 0) is 11.3 Å². The molecule has 7 heteroatoms. The third-order valence-electron chi connectivity index (χ3n) is 3.61. The van der Waals surface area contributed by atoms with Crippen molar-refractivity contribution in [2.75, 3.05) is 13.3 Å². The van der Waals surface area contributed by atoms with Crippen LogP contribution in [0.5, 0.6) is 11.5 Å². The summed E-state index contributed by atoms with van der Waals surface area (Å²) in [5.74, 6) is 0.650. The number of carbonyl (C=O) groups is 1. The van der Waals surface area contributed by atoms with Gasteiger partial charge < -0.3 is 14.6 Å². The van der Waals surface area contributed by atoms with Crippen molar-refractivity contribution in [2.24, 2.45) is 0 Å². The number of thiazole rings is 1. The van der Waals surface area contributed by atoms with E-state index in [9.17, 15) is 4.79 Å². The molecular weight excluding hydrogens is 316 g/mol. The number of ether oxygens (including phenoxy) is 2. The van der Waals surface area contributed by atoms with Gasteiger partial charge in [-0.1, -0.05) is 0 Å². The molecule has 23 heavy (non-hydrogen) atoms. The van der Waals surface area contributed by atoms with Gasteiger partial charge in [0.25, 0.3) is 0 Å². The van der Waals surface area contributed by atoms with Gasteiger partial charge in [-0.25, -0.2) is 4.98 Å². The highest BCUT2D eigenvalue weighted by atomic mass is 32.1. The van der Waals surface area contributed by atoms with Gasteiger partial charge in [0.15, 0.2) is 11.5 Å². The summed E-state index contributed by atoms with van der Waals surface area (Å²) in [6, 6.07) is 5.89. The fourth-order valence-corrected chi connectivity index (χ4v) is 3.15. The molecule has 0 spiro atoms. The highest BCUT2D eigenvalue weighted by molar-refractivity contribution is 7.13. The van der Waals surface area contributed by atoms with E-state index in [1.165, 1.54) is 11.3 Å². The van der Waals surface area contributed by atoms with E-state index in [-0.39, 0.29) is 19.4 Å². The van der Waals surface area contributed by atoms with Crippen LogP contribution in [0.2, 0.25) is 0 Å². The zero-order chi connectivity index (χ0) is 16.4. The molecule has 2 aromatic rings. The molecule has 1 aromatic heterocycles. The highest BCUT2D eigenvalue weighted by Crippen LogP contribution is 2.36. The average Bonchev–Trinajstić information content (AvgIpc) is 3.13. The Morgan fingerprint density at radius 3 is 2.91 bits per heavy atom. The molecule has 1 aliphatic heterocycles. The molecule has 122 valence electrons. The van der Waals surface area contributed by atoms with Crippen LogP contribution >= 0.6 is 11.3 Å². The number of rotatable bonds is 6. The number of benzene rings is 1. The van der Waals surface area contributed by atoms with E-state index in [4.69, 9.17) is 14.6 Å². The van der Waals surface area contributed by atoms with Gasteiger partial charge in [0, 0.05) is 23.5 Å². The van der Waals surface area contributed by atoms with Gasteiger partial charge >= 0.3 is 5.97 Å². The molecule has 1 aromatic carbocycles. The lowest BCUT2D eigenvalue weighted by atomic mass is 10.2. The van der Waals surface area contributed by atoms with Crippen molar-refractivity contribution >= 4 is 17.3 Å². The topological polar surface area (TPSA) is 71.9 Å². The van der Waals surface area contributed by atoms with E-state index < -0.39 is 5.97 Å². The minimum atomic E-state index is -0.829. The van der Waals surface area contributed by atoms with Crippen LogP contribution in [0.4, 0.5) is 0 Å². The third-order valence-corrected chi connectivity index (χ3v) is 4.55. The second-order valence-electron chi connectivity index (χ2n) is 5.60. The van der Waals surface area contributed by atoms with Gasteiger partial charge in [-0.2, -0.15) is 0 Å². The van der Waals surface area contributed by atoms with E-state index in [2.05, 4.69) is 4.98 Å². The Kier molecular flexibility index (Phi) is 4.49. The fraction of sp³-hybridized carbons (Fsp3) is 0.375. The molecule has 0 fully saturated rings. The summed E-state index contributed by atoms with van der Waals surface area (Å²) in [5, 5.41) is 11.9. The molecule has 0 radical (unpaired) electrons. The first-order valence-corrected chi connectivity index (χ1v) is 8.21. The van der Waals surface area contributed by atoms with Crippen LogP contribution in [0.15, 0.2) is 23.6 Å². The molecule has 0 atom stereocenters. The smallest absolute Gasteiger partial charge is 0.317 e. The van der Waals surface area contributed by atoms with Gasteiger partial charge in [0.1, 0.15) is 5.01 Å². The predicted octanol–water partition coefficient (Wildman–Crippen LogP) is 2.83. The van der Waals surface area contributed by atoms with Crippen molar-refractivity contribution in [3.63, 3.8) is 0 Å². The van der Waals surface area contributed by atoms with E-state index in [0.29, 0.717) is 6.54 Å². The second kappa shape index (κ2) is 6.55. The normalized spacial score (nSPS) is 13.0. The van der Waals surface area contributed by atoms with Crippen molar-refractivity contribution in [1.29, 1.82) is 0 Å². The Morgan fingerprint density at radius 1 is 1.39 bits per heavy atom. The molecule has 0 saturated heterocycles. The van der Waals surface area contributed by atoms with Crippen LogP contribution in [0.25, 0.3) is 10.6 Å². The predicted molar refractivity (Wildman–Crippen MR) is 86.9 cm³/mol. The van der Waals surface area contributed by atoms with Crippen molar-refractivity contribution in [3.8, 4) is 22.1 Å². The van der Waals surface area contributed by atoms with E-state index in [1.807, 2.05) is 42.3 Å². The zero-order valence-corrected chi connectivity index (χ0v) is 13.8. The minimum absolute atomic E-state index is 0.00848. The summed E-state index contributed by atoms with van der Waals surface area (Å²) in [6.07, 6.45) is 0. The maximum absolute atomic E-state index is 11.0. The molecule has 3 rings (SSSR count). The maximum atomic E-state index is 11.0. The summed E-state index contributed by atoms with van der Waals surface area (Å²) in [5.41, 5.74) is 1.84. The lowest BCUT2D eigenvalue weighted by Gasteiger charge is -2.23. The molecule has 0 aliphatic carbocycles.